The van der Waals surface area contributed by atoms with E-state index in [1.54, 1.807) is 38.5 Å². The van der Waals surface area contributed by atoms with Crippen molar-refractivity contribution in [2.75, 3.05) is 20.8 Å². The number of methoxy groups -OCH3 is 2. The number of benzene rings is 3. The zero-order valence-electron chi connectivity index (χ0n) is 24.3. The molecule has 13 heteroatoms. The van der Waals surface area contributed by atoms with Crippen molar-refractivity contribution >= 4 is 23.9 Å². The summed E-state index contributed by atoms with van der Waals surface area (Å²) < 4.78 is 9.98. The van der Waals surface area contributed by atoms with E-state index < -0.39 is 22.9 Å². The second-order valence-corrected chi connectivity index (χ2v) is 8.63. The summed E-state index contributed by atoms with van der Waals surface area (Å²) >= 11 is 0. The monoisotopic (exact) mass is 600 g/mol. The highest BCUT2D eigenvalue weighted by Gasteiger charge is 2.09. The maximum atomic E-state index is 10.3. The van der Waals surface area contributed by atoms with E-state index in [4.69, 9.17) is 36.9 Å². The summed E-state index contributed by atoms with van der Waals surface area (Å²) in [5.41, 5.74) is 18.1. The molecule has 0 aliphatic heterocycles. The van der Waals surface area contributed by atoms with Crippen LogP contribution < -0.4 is 26.7 Å². The van der Waals surface area contributed by atoms with Gasteiger partial charge in [0, 0.05) is 29.8 Å². The summed E-state index contributed by atoms with van der Waals surface area (Å²) in [4.78, 5) is 40.2. The number of unbranched alkanes of at least 4 members (excludes halogenated alkanes) is 1. The minimum atomic E-state index is -0.933. The number of aldehydes is 1. The molecule has 8 N–H and O–H groups in total. The number of carboxylic acid groups (broad SMARTS) is 2. The van der Waals surface area contributed by atoms with Crippen molar-refractivity contribution in [2.45, 2.75) is 38.3 Å². The minimum Gasteiger partial charge on any atom is -0.497 e. The standard InChI is InChI=1S/C9H10O3.C8H11NO.C7H5NO3.C6H14N2O2/c1-12-8-4-2-7(3-5-8)6-9(10)11;1-10-8-5-3-2-4-7(8)6-9;9-5-6-1-3-7(4-2-6)8(10)11;7-4-2-1-3-5(8)6(9)10/h2-5H,6H2,1H3,(H,10,11);2-5H,6,9H2,1H3;1-5H;5H,1-4,7-8H2,(H,9,10). The van der Waals surface area contributed by atoms with Gasteiger partial charge in [0.15, 0.2) is 0 Å². The Morgan fingerprint density at radius 3 is 1.95 bits per heavy atom. The van der Waals surface area contributed by atoms with Crippen LogP contribution in [0.4, 0.5) is 5.69 Å². The molecule has 0 spiro atoms. The second kappa shape index (κ2) is 22.8. The Hall–Kier alpha value is -4.85. The second-order valence-electron chi connectivity index (χ2n) is 8.63. The molecule has 0 aromatic heterocycles. The molecule has 13 nitrogen and oxygen atoms in total. The van der Waals surface area contributed by atoms with Gasteiger partial charge in [0.05, 0.1) is 25.6 Å². The highest BCUT2D eigenvalue weighted by Crippen LogP contribution is 2.15. The van der Waals surface area contributed by atoms with Gasteiger partial charge in [0.25, 0.3) is 5.69 Å². The molecule has 0 saturated heterocycles. The van der Waals surface area contributed by atoms with Crippen LogP contribution in [0.15, 0.2) is 72.8 Å². The van der Waals surface area contributed by atoms with E-state index in [0.717, 1.165) is 35.5 Å². The number of nitrogens with two attached hydrogens (primary N) is 3. The van der Waals surface area contributed by atoms with Crippen LogP contribution in [0.3, 0.4) is 0 Å². The average molecular weight is 601 g/mol. The molecule has 0 aliphatic rings. The molecule has 0 amide bonds. The fourth-order valence-electron chi connectivity index (χ4n) is 3.10. The first-order chi connectivity index (χ1) is 20.5. The van der Waals surface area contributed by atoms with Crippen LogP contribution in [0.5, 0.6) is 11.5 Å². The third kappa shape index (κ3) is 17.5. The predicted molar refractivity (Wildman–Crippen MR) is 162 cm³/mol. The summed E-state index contributed by atoms with van der Waals surface area (Å²) in [5.74, 6) is -0.147. The lowest BCUT2D eigenvalue weighted by Crippen LogP contribution is -2.29. The van der Waals surface area contributed by atoms with Crippen LogP contribution in [0.2, 0.25) is 0 Å². The van der Waals surface area contributed by atoms with Crippen LogP contribution in [0.25, 0.3) is 0 Å². The van der Waals surface area contributed by atoms with E-state index in [0.29, 0.717) is 31.4 Å². The minimum absolute atomic E-state index is 0.00407. The van der Waals surface area contributed by atoms with Crippen molar-refractivity contribution in [2.24, 2.45) is 17.2 Å². The van der Waals surface area contributed by atoms with Crippen molar-refractivity contribution in [1.29, 1.82) is 0 Å². The number of ether oxygens (including phenoxy) is 2. The summed E-state index contributed by atoms with van der Waals surface area (Å²) in [6, 6.07) is 19.4. The number of carboxylic acids is 2. The molecule has 3 aromatic carbocycles. The smallest absolute Gasteiger partial charge is 0.320 e. The van der Waals surface area contributed by atoms with Crippen LogP contribution in [-0.4, -0.2) is 60.2 Å². The van der Waals surface area contributed by atoms with Crippen molar-refractivity contribution < 1.29 is 39.0 Å². The van der Waals surface area contributed by atoms with Gasteiger partial charge in [-0.3, -0.25) is 24.5 Å². The van der Waals surface area contributed by atoms with Crippen LogP contribution in [-0.2, 0) is 22.6 Å². The lowest BCUT2D eigenvalue weighted by atomic mass is 10.1. The van der Waals surface area contributed by atoms with E-state index in [-0.39, 0.29) is 12.1 Å². The van der Waals surface area contributed by atoms with E-state index in [1.165, 1.54) is 24.3 Å². The number of aliphatic carboxylic acids is 2. The predicted octanol–water partition coefficient (Wildman–Crippen LogP) is 3.41. The third-order valence-electron chi connectivity index (χ3n) is 5.45. The molecule has 0 heterocycles. The van der Waals surface area contributed by atoms with Crippen LogP contribution >= 0.6 is 0 Å². The van der Waals surface area contributed by atoms with Gasteiger partial charge in [0.1, 0.15) is 23.8 Å². The molecule has 0 bridgehead atoms. The van der Waals surface area contributed by atoms with Crippen molar-refractivity contribution in [3.05, 3.63) is 99.6 Å². The largest absolute Gasteiger partial charge is 0.497 e. The maximum Gasteiger partial charge on any atom is 0.320 e. The lowest BCUT2D eigenvalue weighted by molar-refractivity contribution is -0.384. The molecular weight excluding hydrogens is 560 g/mol. The van der Waals surface area contributed by atoms with Gasteiger partial charge in [-0.15, -0.1) is 0 Å². The number of carbonyl (C=O) groups is 3. The molecule has 0 aliphatic carbocycles. The maximum absolute atomic E-state index is 10.3. The summed E-state index contributed by atoms with van der Waals surface area (Å²) in [7, 11) is 3.22. The Kier molecular flexibility index (Phi) is 20.2. The van der Waals surface area contributed by atoms with E-state index in [1.807, 2.05) is 24.3 Å². The number of rotatable bonds is 12. The van der Waals surface area contributed by atoms with E-state index in [9.17, 15) is 24.5 Å². The quantitative estimate of drug-likeness (QED) is 0.0871. The molecule has 0 radical (unpaired) electrons. The number of hydrogen-bond acceptors (Lipinski definition) is 10. The number of hydrogen-bond donors (Lipinski definition) is 5. The Morgan fingerprint density at radius 2 is 1.53 bits per heavy atom. The van der Waals surface area contributed by atoms with Gasteiger partial charge < -0.3 is 36.9 Å². The highest BCUT2D eigenvalue weighted by molar-refractivity contribution is 5.75. The fourth-order valence-corrected chi connectivity index (χ4v) is 3.10. The normalized spacial score (nSPS) is 10.2. The molecular formula is C30H40N4O9. The highest BCUT2D eigenvalue weighted by atomic mass is 16.6. The average Bonchev–Trinajstić information content (AvgIpc) is 3.02. The zero-order chi connectivity index (χ0) is 32.6. The Morgan fingerprint density at radius 1 is 0.930 bits per heavy atom. The molecule has 3 aromatic rings. The number of carbonyl (C=O) groups excluding carboxylic acids is 1. The fraction of sp³-hybridized carbons (Fsp3) is 0.300. The molecule has 3 rings (SSSR count). The first-order valence-electron chi connectivity index (χ1n) is 13.1. The molecule has 43 heavy (non-hydrogen) atoms. The first-order valence-corrected chi connectivity index (χ1v) is 13.1. The van der Waals surface area contributed by atoms with Crippen molar-refractivity contribution in [3.8, 4) is 11.5 Å². The molecule has 1 unspecified atom stereocenters. The molecule has 0 saturated carbocycles. The first kappa shape index (κ1) is 38.1. The zero-order valence-corrected chi connectivity index (χ0v) is 24.3. The topological polar surface area (TPSA) is 231 Å². The van der Waals surface area contributed by atoms with Gasteiger partial charge in [0.2, 0.25) is 0 Å². The SMILES string of the molecule is COc1ccc(CC(=O)O)cc1.COc1ccccc1CN.NCCCCC(N)C(=O)O.O=Cc1ccc([N+](=O)[O-])cc1. The van der Waals surface area contributed by atoms with Crippen molar-refractivity contribution in [1.82, 2.24) is 0 Å². The van der Waals surface area contributed by atoms with E-state index in [2.05, 4.69) is 0 Å². The van der Waals surface area contributed by atoms with Gasteiger partial charge in [-0.25, -0.2) is 0 Å². The van der Waals surface area contributed by atoms with Crippen molar-refractivity contribution in [3.63, 3.8) is 0 Å². The van der Waals surface area contributed by atoms with Crippen LogP contribution in [0.1, 0.15) is 40.7 Å². The summed E-state index contributed by atoms with van der Waals surface area (Å²) in [5, 5.41) is 26.9. The van der Waals surface area contributed by atoms with Gasteiger partial charge >= 0.3 is 11.9 Å². The Bertz CT molecular complexity index is 1210. The lowest BCUT2D eigenvalue weighted by Gasteiger charge is -2.03. The van der Waals surface area contributed by atoms with Crippen LogP contribution in [0, 0.1) is 10.1 Å². The molecule has 234 valence electrons. The van der Waals surface area contributed by atoms with Gasteiger partial charge in [-0.2, -0.15) is 0 Å². The Labute approximate surface area is 250 Å². The third-order valence-corrected chi connectivity index (χ3v) is 5.45. The molecule has 1 atom stereocenters. The number of para-hydroxylation sites is 1. The number of non-ortho nitro benzene ring substituents is 1. The van der Waals surface area contributed by atoms with Gasteiger partial charge in [-0.05, 0) is 55.3 Å². The summed E-state index contributed by atoms with van der Waals surface area (Å²) in [6.45, 7) is 1.14. The number of nitrogens with zero attached hydrogens (tertiary/aromatic N) is 1. The summed E-state index contributed by atoms with van der Waals surface area (Å²) in [6.07, 6.45) is 2.87. The Balaban J connectivity index is 0.000000549. The number of nitro benzene ring substituents is 1. The number of nitro groups is 1. The van der Waals surface area contributed by atoms with Gasteiger partial charge in [-0.1, -0.05) is 36.8 Å². The molecule has 0 fully saturated rings. The van der Waals surface area contributed by atoms with E-state index >= 15 is 0 Å².